The second-order valence-corrected chi connectivity index (χ2v) is 14.3. The second kappa shape index (κ2) is 14.0. The molecule has 0 saturated carbocycles. The molecule has 0 N–H and O–H groups in total. The fourth-order valence-electron chi connectivity index (χ4n) is 8.22. The fraction of sp³-hybridized carbons (Fsp3) is 0. The molecular formula is C52H32N2O4. The first-order valence-electron chi connectivity index (χ1n) is 19.0. The van der Waals surface area contributed by atoms with E-state index in [1.807, 2.05) is 162 Å². The van der Waals surface area contributed by atoms with E-state index in [9.17, 15) is 14.4 Å². The lowest BCUT2D eigenvalue weighted by molar-refractivity contribution is 0.0924. The molecule has 1 aliphatic rings. The van der Waals surface area contributed by atoms with E-state index in [1.54, 1.807) is 36.4 Å². The summed E-state index contributed by atoms with van der Waals surface area (Å²) in [7, 11) is 0. The number of carbonyl (C=O) groups is 4. The predicted octanol–water partition coefficient (Wildman–Crippen LogP) is 11.4. The van der Waals surface area contributed by atoms with Crippen LogP contribution in [0.4, 0.5) is 5.69 Å². The largest absolute Gasteiger partial charge is 0.308 e. The van der Waals surface area contributed by atoms with E-state index in [0.717, 1.165) is 33.0 Å². The van der Waals surface area contributed by atoms with Gasteiger partial charge in [-0.25, -0.2) is 4.90 Å². The molecule has 0 saturated heterocycles. The molecule has 0 fully saturated rings. The number of aromatic nitrogens is 1. The molecule has 0 atom stereocenters. The van der Waals surface area contributed by atoms with Crippen molar-refractivity contribution in [1.29, 1.82) is 0 Å². The van der Waals surface area contributed by atoms with Crippen molar-refractivity contribution in [3.8, 4) is 27.9 Å². The summed E-state index contributed by atoms with van der Waals surface area (Å²) in [6.45, 7) is 0. The summed E-state index contributed by atoms with van der Waals surface area (Å²) in [5, 5.41) is 1.65. The second-order valence-electron chi connectivity index (χ2n) is 14.3. The van der Waals surface area contributed by atoms with Gasteiger partial charge in [0.15, 0.2) is 11.6 Å². The van der Waals surface area contributed by atoms with Gasteiger partial charge in [-0.15, -0.1) is 0 Å². The Bertz CT molecular complexity index is 2950. The number of nitrogens with zero attached hydrogens (tertiary/aromatic N) is 2. The highest BCUT2D eigenvalue weighted by Crippen LogP contribution is 2.45. The zero-order chi connectivity index (χ0) is 39.3. The van der Waals surface area contributed by atoms with Crippen molar-refractivity contribution in [3.63, 3.8) is 0 Å². The van der Waals surface area contributed by atoms with Crippen molar-refractivity contribution >= 4 is 50.9 Å². The molecule has 0 unspecified atom stereocenters. The fourth-order valence-corrected chi connectivity index (χ4v) is 8.22. The number of anilines is 1. The topological polar surface area (TPSA) is 76.5 Å². The predicted molar refractivity (Wildman–Crippen MR) is 229 cm³/mol. The minimum absolute atomic E-state index is 0.152. The Morgan fingerprint density at radius 2 is 0.810 bits per heavy atom. The van der Waals surface area contributed by atoms with Crippen LogP contribution >= 0.6 is 0 Å². The van der Waals surface area contributed by atoms with Gasteiger partial charge in [0.05, 0.1) is 33.5 Å². The molecular weight excluding hydrogens is 717 g/mol. The van der Waals surface area contributed by atoms with E-state index in [2.05, 4.69) is 0 Å². The third kappa shape index (κ3) is 5.58. The van der Waals surface area contributed by atoms with Gasteiger partial charge in [0.25, 0.3) is 11.8 Å². The normalized spacial score (nSPS) is 12.3. The maximum absolute atomic E-state index is 15.3. The van der Waals surface area contributed by atoms with Gasteiger partial charge >= 0.3 is 0 Å². The van der Waals surface area contributed by atoms with E-state index in [4.69, 9.17) is 0 Å². The molecule has 0 radical (unpaired) electrons. The molecule has 1 aliphatic heterocycles. The van der Waals surface area contributed by atoms with E-state index >= 15 is 4.79 Å². The Balaban J connectivity index is 1.21. The summed E-state index contributed by atoms with van der Waals surface area (Å²) in [5.74, 6) is -1.22. The maximum Gasteiger partial charge on any atom is 0.268 e. The molecule has 2 heterocycles. The van der Waals surface area contributed by atoms with Gasteiger partial charge < -0.3 is 4.57 Å². The van der Waals surface area contributed by atoms with Crippen LogP contribution in [0.1, 0.15) is 52.6 Å². The van der Waals surface area contributed by atoms with Crippen molar-refractivity contribution in [3.05, 3.63) is 228 Å². The minimum Gasteiger partial charge on any atom is -0.308 e. The summed E-state index contributed by atoms with van der Waals surface area (Å²) in [5.41, 5.74) is 7.97. The summed E-state index contributed by atoms with van der Waals surface area (Å²) in [4.78, 5) is 59.2. The number of rotatable bonds is 8. The minimum atomic E-state index is -0.473. The van der Waals surface area contributed by atoms with E-state index < -0.39 is 11.8 Å². The van der Waals surface area contributed by atoms with Crippen LogP contribution in [0.5, 0.6) is 0 Å². The van der Waals surface area contributed by atoms with Crippen LogP contribution in [0.15, 0.2) is 194 Å². The van der Waals surface area contributed by atoms with Gasteiger partial charge in [-0.05, 0) is 35.4 Å². The molecule has 6 heteroatoms. The molecule has 2 amide bonds. The van der Waals surface area contributed by atoms with Crippen LogP contribution in [0.2, 0.25) is 0 Å². The molecule has 1 aromatic heterocycles. The van der Waals surface area contributed by atoms with Crippen LogP contribution in [0.3, 0.4) is 0 Å². The smallest absolute Gasteiger partial charge is 0.268 e. The zero-order valence-corrected chi connectivity index (χ0v) is 31.0. The van der Waals surface area contributed by atoms with Gasteiger partial charge in [-0.1, -0.05) is 170 Å². The van der Waals surface area contributed by atoms with Gasteiger partial charge in [0.2, 0.25) is 0 Å². The average molecular weight is 749 g/mol. The molecule has 274 valence electrons. The van der Waals surface area contributed by atoms with E-state index in [0.29, 0.717) is 44.7 Å². The molecule has 58 heavy (non-hydrogen) atoms. The number of hydrogen-bond donors (Lipinski definition) is 0. The highest BCUT2D eigenvalue weighted by atomic mass is 16.2. The first kappa shape index (κ1) is 34.5. The van der Waals surface area contributed by atoms with Crippen molar-refractivity contribution in [2.45, 2.75) is 0 Å². The summed E-state index contributed by atoms with van der Waals surface area (Å²) in [6, 6.07) is 59.9. The molecule has 0 bridgehead atoms. The first-order valence-corrected chi connectivity index (χ1v) is 19.0. The van der Waals surface area contributed by atoms with Gasteiger partial charge in [0.1, 0.15) is 0 Å². The molecule has 0 aliphatic carbocycles. The van der Waals surface area contributed by atoms with Gasteiger partial charge in [-0.3, -0.25) is 19.2 Å². The monoisotopic (exact) mass is 748 g/mol. The van der Waals surface area contributed by atoms with Crippen LogP contribution < -0.4 is 4.90 Å². The SMILES string of the molecule is O=C(c1ccccc1)c1ccc2c3ccc(C(=O)c4ccccc4)cc3n(-c3cccc4c3C(=O)N(c3c(-c5ccccc5)cccc3-c3ccccc3)C4=O)c2c1. The zero-order valence-electron chi connectivity index (χ0n) is 31.0. The summed E-state index contributed by atoms with van der Waals surface area (Å²) < 4.78 is 1.92. The van der Waals surface area contributed by atoms with E-state index in [-0.39, 0.29) is 22.7 Å². The van der Waals surface area contributed by atoms with Gasteiger partial charge in [0, 0.05) is 44.2 Å². The maximum atomic E-state index is 15.3. The summed E-state index contributed by atoms with van der Waals surface area (Å²) >= 11 is 0. The Morgan fingerprint density at radius 3 is 1.29 bits per heavy atom. The molecule has 10 rings (SSSR count). The summed E-state index contributed by atoms with van der Waals surface area (Å²) in [6.07, 6.45) is 0. The number of ketones is 2. The Morgan fingerprint density at radius 1 is 0.379 bits per heavy atom. The number of amides is 2. The van der Waals surface area contributed by atoms with Crippen LogP contribution in [0, 0.1) is 0 Å². The number of imide groups is 1. The molecule has 6 nitrogen and oxygen atoms in total. The number of fused-ring (bicyclic) bond motifs is 4. The van der Waals surface area contributed by atoms with Crippen LogP contribution in [0.25, 0.3) is 49.7 Å². The number of carbonyl (C=O) groups excluding carboxylic acids is 4. The Hall–Kier alpha value is -7.96. The van der Waals surface area contributed by atoms with E-state index in [1.165, 1.54) is 4.90 Å². The van der Waals surface area contributed by atoms with Gasteiger partial charge in [-0.2, -0.15) is 0 Å². The number of hydrogen-bond acceptors (Lipinski definition) is 4. The Kier molecular flexibility index (Phi) is 8.31. The standard InChI is InChI=1S/C52H32N2O4/c55-49(35-19-9-3-10-20-35)37-27-29-41-42-30-28-38(50(56)36-21-11-4-12-22-36)32-46(42)53(45(41)31-37)44-26-14-25-43-47(44)52(58)54(51(43)57)48-39(33-15-5-1-6-16-33)23-13-24-40(48)34-17-7-2-8-18-34/h1-32H. The average Bonchev–Trinajstić information content (AvgIpc) is 3.75. The quantitative estimate of drug-likeness (QED) is 0.115. The Labute approximate surface area is 333 Å². The number of para-hydroxylation sites is 1. The lowest BCUT2D eigenvalue weighted by Crippen LogP contribution is -2.30. The highest BCUT2D eigenvalue weighted by Gasteiger charge is 2.41. The lowest BCUT2D eigenvalue weighted by atomic mass is 9.95. The molecule has 9 aromatic rings. The van der Waals surface area contributed by atoms with Crippen molar-refractivity contribution in [2.24, 2.45) is 0 Å². The lowest BCUT2D eigenvalue weighted by Gasteiger charge is -2.23. The first-order chi connectivity index (χ1) is 28.5. The van der Waals surface area contributed by atoms with Crippen molar-refractivity contribution in [1.82, 2.24) is 4.57 Å². The van der Waals surface area contributed by atoms with Crippen LogP contribution in [-0.4, -0.2) is 27.9 Å². The highest BCUT2D eigenvalue weighted by molar-refractivity contribution is 6.37. The third-order valence-corrected chi connectivity index (χ3v) is 10.9. The van der Waals surface area contributed by atoms with Crippen LogP contribution in [-0.2, 0) is 0 Å². The third-order valence-electron chi connectivity index (χ3n) is 10.9. The van der Waals surface area contributed by atoms with Crippen molar-refractivity contribution in [2.75, 3.05) is 4.90 Å². The molecule has 8 aromatic carbocycles. The van der Waals surface area contributed by atoms with Crippen molar-refractivity contribution < 1.29 is 19.2 Å². The number of benzene rings is 8. The molecule has 0 spiro atoms.